The van der Waals surface area contributed by atoms with Crippen LogP contribution in [-0.2, 0) is 23.5 Å². The van der Waals surface area contributed by atoms with Crippen molar-refractivity contribution < 1.29 is 17.9 Å². The fourth-order valence-corrected chi connectivity index (χ4v) is 3.91. The molecule has 0 aliphatic carbocycles. The molecule has 0 aliphatic rings. The molecule has 0 fully saturated rings. The van der Waals surface area contributed by atoms with Gasteiger partial charge in [0.15, 0.2) is 11.5 Å². The molecule has 25 heavy (non-hydrogen) atoms. The number of ether oxygens (including phenoxy) is 2. The zero-order valence-corrected chi connectivity index (χ0v) is 16.3. The molecule has 2 rings (SSSR count). The molecule has 0 bridgehead atoms. The molecule has 0 N–H and O–H groups in total. The van der Waals surface area contributed by atoms with Crippen LogP contribution in [0.25, 0.3) is 0 Å². The van der Waals surface area contributed by atoms with Gasteiger partial charge in [0.2, 0.25) is 10.0 Å². The van der Waals surface area contributed by atoms with Crippen molar-refractivity contribution in [3.05, 3.63) is 35.2 Å². The summed E-state index contributed by atoms with van der Waals surface area (Å²) in [5, 5.41) is 4.37. The van der Waals surface area contributed by atoms with Crippen molar-refractivity contribution >= 4 is 10.0 Å². The normalized spacial score (nSPS) is 11.8. The average molecular weight is 367 g/mol. The molecular weight excluding hydrogens is 342 g/mol. The van der Waals surface area contributed by atoms with E-state index in [9.17, 15) is 8.42 Å². The lowest BCUT2D eigenvalue weighted by Crippen LogP contribution is -2.29. The SMILES string of the molecule is COc1ccc(S(=O)(=O)N(C)CCc2c(C)nn(C)c2C)cc1OC. The second kappa shape index (κ2) is 7.45. The predicted octanol–water partition coefficient (Wildman–Crippen LogP) is 1.92. The predicted molar refractivity (Wildman–Crippen MR) is 95.7 cm³/mol. The Labute approximate surface area is 149 Å². The van der Waals surface area contributed by atoms with Gasteiger partial charge in [-0.15, -0.1) is 0 Å². The maximum atomic E-state index is 12.8. The fraction of sp³-hybridized carbons (Fsp3) is 0.471. The number of nitrogens with zero attached hydrogens (tertiary/aromatic N) is 3. The first-order valence-electron chi connectivity index (χ1n) is 7.89. The van der Waals surface area contributed by atoms with Gasteiger partial charge >= 0.3 is 0 Å². The van der Waals surface area contributed by atoms with Crippen molar-refractivity contribution in [3.8, 4) is 11.5 Å². The van der Waals surface area contributed by atoms with E-state index in [1.807, 2.05) is 25.6 Å². The zero-order valence-electron chi connectivity index (χ0n) is 15.5. The number of rotatable bonds is 7. The van der Waals surface area contributed by atoms with E-state index < -0.39 is 10.0 Å². The van der Waals surface area contributed by atoms with Crippen molar-refractivity contribution in [2.24, 2.45) is 7.05 Å². The van der Waals surface area contributed by atoms with Crippen LogP contribution >= 0.6 is 0 Å². The quantitative estimate of drug-likeness (QED) is 0.747. The minimum absolute atomic E-state index is 0.173. The summed E-state index contributed by atoms with van der Waals surface area (Å²) in [6.45, 7) is 4.29. The lowest BCUT2D eigenvalue weighted by atomic mass is 10.1. The van der Waals surface area contributed by atoms with Crippen molar-refractivity contribution in [1.29, 1.82) is 0 Å². The third-order valence-corrected chi connectivity index (χ3v) is 6.25. The highest BCUT2D eigenvalue weighted by atomic mass is 32.2. The van der Waals surface area contributed by atoms with E-state index in [1.54, 1.807) is 13.1 Å². The van der Waals surface area contributed by atoms with E-state index in [1.165, 1.54) is 30.7 Å². The van der Waals surface area contributed by atoms with Crippen molar-refractivity contribution in [2.75, 3.05) is 27.8 Å². The van der Waals surface area contributed by atoms with Crippen LogP contribution in [0.3, 0.4) is 0 Å². The Hall–Kier alpha value is -2.06. The lowest BCUT2D eigenvalue weighted by molar-refractivity contribution is 0.353. The highest BCUT2D eigenvalue weighted by Gasteiger charge is 2.23. The van der Waals surface area contributed by atoms with Gasteiger partial charge in [-0.25, -0.2) is 12.7 Å². The van der Waals surface area contributed by atoms with Gasteiger partial charge in [-0.2, -0.15) is 5.10 Å². The summed E-state index contributed by atoms with van der Waals surface area (Å²) in [7, 11) is 2.84. The minimum Gasteiger partial charge on any atom is -0.493 e. The van der Waals surface area contributed by atoms with Crippen molar-refractivity contribution in [3.63, 3.8) is 0 Å². The Bertz CT molecular complexity index is 859. The Morgan fingerprint density at radius 2 is 1.80 bits per heavy atom. The zero-order chi connectivity index (χ0) is 18.8. The Morgan fingerprint density at radius 1 is 1.16 bits per heavy atom. The first kappa shape index (κ1) is 19.3. The summed E-state index contributed by atoms with van der Waals surface area (Å²) < 4.78 is 39.1. The van der Waals surface area contributed by atoms with Crippen LogP contribution in [-0.4, -0.2) is 50.3 Å². The summed E-state index contributed by atoms with van der Waals surface area (Å²) in [6.07, 6.45) is 0.606. The topological polar surface area (TPSA) is 73.7 Å². The molecule has 0 amide bonds. The second-order valence-corrected chi connectivity index (χ2v) is 7.91. The molecule has 1 aromatic carbocycles. The Kier molecular flexibility index (Phi) is 5.74. The number of hydrogen-bond acceptors (Lipinski definition) is 5. The van der Waals surface area contributed by atoms with E-state index in [0.29, 0.717) is 24.5 Å². The maximum absolute atomic E-state index is 12.8. The maximum Gasteiger partial charge on any atom is 0.242 e. The Balaban J connectivity index is 2.21. The van der Waals surface area contributed by atoms with Crippen LogP contribution in [0.5, 0.6) is 11.5 Å². The third kappa shape index (κ3) is 3.80. The number of likely N-dealkylation sites (N-methyl/N-ethyl adjacent to an activating group) is 1. The van der Waals surface area contributed by atoms with Gasteiger partial charge < -0.3 is 9.47 Å². The number of hydrogen-bond donors (Lipinski definition) is 0. The second-order valence-electron chi connectivity index (χ2n) is 5.87. The molecule has 0 spiro atoms. The van der Waals surface area contributed by atoms with Crippen molar-refractivity contribution in [2.45, 2.75) is 25.2 Å². The number of aromatic nitrogens is 2. The van der Waals surface area contributed by atoms with Gasteiger partial charge in [-0.05, 0) is 38.0 Å². The summed E-state index contributed by atoms with van der Waals surface area (Å²) in [4.78, 5) is 0.173. The van der Waals surface area contributed by atoms with E-state index in [4.69, 9.17) is 9.47 Å². The average Bonchev–Trinajstić information content (AvgIpc) is 2.84. The molecule has 138 valence electrons. The molecule has 8 heteroatoms. The van der Waals surface area contributed by atoms with Crippen LogP contribution in [0.4, 0.5) is 0 Å². The fourth-order valence-electron chi connectivity index (χ4n) is 2.73. The van der Waals surface area contributed by atoms with Crippen LogP contribution in [0, 0.1) is 13.8 Å². The highest BCUT2D eigenvalue weighted by molar-refractivity contribution is 7.89. The first-order chi connectivity index (χ1) is 11.7. The van der Waals surface area contributed by atoms with Crippen LogP contribution < -0.4 is 9.47 Å². The molecule has 0 radical (unpaired) electrons. The lowest BCUT2D eigenvalue weighted by Gasteiger charge is -2.18. The summed E-state index contributed by atoms with van der Waals surface area (Å²) in [6, 6.07) is 4.59. The van der Waals surface area contributed by atoms with Gasteiger partial charge in [-0.3, -0.25) is 4.68 Å². The van der Waals surface area contributed by atoms with E-state index in [0.717, 1.165) is 17.0 Å². The van der Waals surface area contributed by atoms with E-state index >= 15 is 0 Å². The smallest absolute Gasteiger partial charge is 0.242 e. The summed E-state index contributed by atoms with van der Waals surface area (Å²) in [5.41, 5.74) is 3.06. The first-order valence-corrected chi connectivity index (χ1v) is 9.33. The molecule has 0 unspecified atom stereocenters. The minimum atomic E-state index is -3.62. The van der Waals surface area contributed by atoms with Crippen LogP contribution in [0.1, 0.15) is 17.0 Å². The standard InChI is InChI=1S/C17H25N3O4S/c1-12-15(13(2)20(4)18-12)9-10-19(3)25(21,22)14-7-8-16(23-5)17(11-14)24-6/h7-8,11H,9-10H2,1-6H3. The highest BCUT2D eigenvalue weighted by Crippen LogP contribution is 2.30. The van der Waals surface area contributed by atoms with E-state index in [-0.39, 0.29) is 4.90 Å². The molecule has 0 saturated carbocycles. The van der Waals surface area contributed by atoms with Crippen LogP contribution in [0.2, 0.25) is 0 Å². The van der Waals surface area contributed by atoms with Gasteiger partial charge in [0.05, 0.1) is 24.8 Å². The van der Waals surface area contributed by atoms with Gasteiger partial charge in [0.1, 0.15) is 0 Å². The number of methoxy groups -OCH3 is 2. The Morgan fingerprint density at radius 3 is 2.32 bits per heavy atom. The largest absolute Gasteiger partial charge is 0.493 e. The molecular formula is C17H25N3O4S. The molecule has 7 nitrogen and oxygen atoms in total. The number of benzene rings is 1. The van der Waals surface area contributed by atoms with Crippen LogP contribution in [0.15, 0.2) is 23.1 Å². The third-order valence-electron chi connectivity index (χ3n) is 4.40. The van der Waals surface area contributed by atoms with E-state index in [2.05, 4.69) is 5.10 Å². The molecule has 1 heterocycles. The molecule has 0 atom stereocenters. The van der Waals surface area contributed by atoms with Crippen molar-refractivity contribution in [1.82, 2.24) is 14.1 Å². The molecule has 0 aliphatic heterocycles. The van der Waals surface area contributed by atoms with Gasteiger partial charge in [0, 0.05) is 32.4 Å². The number of sulfonamides is 1. The van der Waals surface area contributed by atoms with Gasteiger partial charge in [-0.1, -0.05) is 0 Å². The number of aryl methyl sites for hydroxylation is 2. The molecule has 0 saturated heterocycles. The monoisotopic (exact) mass is 367 g/mol. The molecule has 1 aromatic heterocycles. The molecule has 2 aromatic rings. The summed E-state index contributed by atoms with van der Waals surface area (Å²) >= 11 is 0. The summed E-state index contributed by atoms with van der Waals surface area (Å²) in [5.74, 6) is 0.877. The van der Waals surface area contributed by atoms with Gasteiger partial charge in [0.25, 0.3) is 0 Å².